The van der Waals surface area contributed by atoms with Gasteiger partial charge in [-0.1, -0.05) is 13.0 Å². The maximum Gasteiger partial charge on any atom is 0.195 e. The van der Waals surface area contributed by atoms with E-state index in [0.29, 0.717) is 19.3 Å². The fraction of sp³-hybridized carbons (Fsp3) is 0.667. The topological polar surface area (TPSA) is 61.4 Å². The number of nitrogens with zero attached hydrogens (tertiary/aromatic N) is 3. The average Bonchev–Trinajstić information content (AvgIpc) is 2.74. The second-order valence-corrected chi connectivity index (χ2v) is 7.12. The zero-order chi connectivity index (χ0) is 20.2. The summed E-state index contributed by atoms with van der Waals surface area (Å²) in [5, 5.41) is 6.80. The Labute approximate surface area is 170 Å². The van der Waals surface area contributed by atoms with Crippen LogP contribution in [0.4, 0.5) is 5.69 Å². The second kappa shape index (κ2) is 12.6. The zero-order valence-electron chi connectivity index (χ0n) is 17.9. The quantitative estimate of drug-likeness (QED) is 0.362. The number of ether oxygens (including phenoxy) is 2. The number of hydrogen-bond acceptors (Lipinski definition) is 5. The predicted molar refractivity (Wildman–Crippen MR) is 117 cm³/mol. The summed E-state index contributed by atoms with van der Waals surface area (Å²) in [5.74, 6) is 1.62. The Hall–Kier alpha value is -1.83. The van der Waals surface area contributed by atoms with Crippen molar-refractivity contribution in [3.63, 3.8) is 0 Å². The first-order valence-corrected chi connectivity index (χ1v) is 10.3. The molecule has 28 heavy (non-hydrogen) atoms. The van der Waals surface area contributed by atoms with Crippen LogP contribution in [0.15, 0.2) is 29.3 Å². The average molecular weight is 392 g/mol. The van der Waals surface area contributed by atoms with Crippen LogP contribution in [0.3, 0.4) is 0 Å². The minimum atomic E-state index is 0.466. The van der Waals surface area contributed by atoms with Crippen molar-refractivity contribution in [2.45, 2.75) is 26.3 Å². The van der Waals surface area contributed by atoms with Gasteiger partial charge in [0.05, 0.1) is 6.61 Å². The fourth-order valence-electron chi connectivity index (χ4n) is 3.27. The molecule has 1 aliphatic heterocycles. The molecule has 0 spiro atoms. The Balaban J connectivity index is 1.77. The molecule has 7 nitrogen and oxygen atoms in total. The van der Waals surface area contributed by atoms with Gasteiger partial charge in [0.25, 0.3) is 0 Å². The van der Waals surface area contributed by atoms with Gasteiger partial charge in [-0.3, -0.25) is 9.89 Å². The van der Waals surface area contributed by atoms with E-state index in [1.165, 1.54) is 0 Å². The lowest BCUT2D eigenvalue weighted by atomic mass is 10.2. The Kier molecular flexibility index (Phi) is 10.1. The van der Waals surface area contributed by atoms with Crippen LogP contribution in [0.25, 0.3) is 0 Å². The number of guanidine groups is 1. The van der Waals surface area contributed by atoms with Crippen molar-refractivity contribution >= 4 is 11.6 Å². The van der Waals surface area contributed by atoms with Crippen LogP contribution in [0.1, 0.15) is 20.3 Å². The summed E-state index contributed by atoms with van der Waals surface area (Å²) in [6, 6.07) is 8.42. The third kappa shape index (κ3) is 7.66. The molecule has 2 N–H and O–H groups in total. The third-order valence-electron chi connectivity index (χ3n) is 5.12. The molecule has 158 valence electrons. The molecule has 1 heterocycles. The molecule has 1 aromatic rings. The molecule has 7 heteroatoms. The third-order valence-corrected chi connectivity index (χ3v) is 5.12. The first-order chi connectivity index (χ1) is 13.7. The molecular formula is C21H37N5O2. The first kappa shape index (κ1) is 22.5. The molecule has 0 aromatic heterocycles. The van der Waals surface area contributed by atoms with Crippen molar-refractivity contribution in [1.82, 2.24) is 15.1 Å². The number of piperazine rings is 1. The Bertz CT molecular complexity index is 588. The standard InChI is InChI=1S/C21H37N5O2/c1-5-25-10-12-26(13-11-25)18(2)17-23-21(22-3)24-19-8-6-9-20(16-19)28-15-7-14-27-4/h6,8-9,16,18H,5,7,10-15,17H2,1-4H3,(H2,22,23,24). The fourth-order valence-corrected chi connectivity index (χ4v) is 3.27. The summed E-state index contributed by atoms with van der Waals surface area (Å²) in [4.78, 5) is 9.40. The van der Waals surface area contributed by atoms with E-state index >= 15 is 0 Å². The first-order valence-electron chi connectivity index (χ1n) is 10.3. The highest BCUT2D eigenvalue weighted by molar-refractivity contribution is 5.93. The summed E-state index contributed by atoms with van der Waals surface area (Å²) in [7, 11) is 3.50. The van der Waals surface area contributed by atoms with E-state index in [4.69, 9.17) is 9.47 Å². The molecule has 0 radical (unpaired) electrons. The summed E-state index contributed by atoms with van der Waals surface area (Å²) in [5.41, 5.74) is 0.960. The zero-order valence-corrected chi connectivity index (χ0v) is 17.9. The summed E-state index contributed by atoms with van der Waals surface area (Å²) in [6.07, 6.45) is 0.877. The van der Waals surface area contributed by atoms with Crippen LogP contribution in [-0.4, -0.2) is 88.4 Å². The molecule has 0 bridgehead atoms. The SMILES string of the molecule is CCN1CCN(C(C)CNC(=NC)Nc2cccc(OCCCOC)c2)CC1. The molecule has 1 fully saturated rings. The van der Waals surface area contributed by atoms with E-state index in [9.17, 15) is 0 Å². The van der Waals surface area contributed by atoms with E-state index < -0.39 is 0 Å². The normalized spacial score (nSPS) is 17.4. The van der Waals surface area contributed by atoms with Crippen LogP contribution in [0, 0.1) is 0 Å². The maximum absolute atomic E-state index is 5.77. The molecule has 1 aliphatic rings. The highest BCUT2D eigenvalue weighted by Crippen LogP contribution is 2.17. The second-order valence-electron chi connectivity index (χ2n) is 7.12. The minimum Gasteiger partial charge on any atom is -0.493 e. The Morgan fingerprint density at radius 3 is 2.68 bits per heavy atom. The van der Waals surface area contributed by atoms with Crippen LogP contribution in [0.5, 0.6) is 5.75 Å². The van der Waals surface area contributed by atoms with Crippen molar-refractivity contribution in [1.29, 1.82) is 0 Å². The number of nitrogens with one attached hydrogen (secondary N) is 2. The number of hydrogen-bond donors (Lipinski definition) is 2. The van der Waals surface area contributed by atoms with E-state index in [1.54, 1.807) is 14.2 Å². The number of rotatable bonds is 10. The molecular weight excluding hydrogens is 354 g/mol. The Morgan fingerprint density at radius 1 is 1.21 bits per heavy atom. The molecule has 2 rings (SSSR count). The monoisotopic (exact) mass is 391 g/mol. The highest BCUT2D eigenvalue weighted by Gasteiger charge is 2.20. The van der Waals surface area contributed by atoms with Gasteiger partial charge in [-0.25, -0.2) is 0 Å². The Morgan fingerprint density at radius 2 is 2.00 bits per heavy atom. The smallest absolute Gasteiger partial charge is 0.195 e. The van der Waals surface area contributed by atoms with Crippen LogP contribution in [-0.2, 0) is 4.74 Å². The molecule has 0 saturated carbocycles. The van der Waals surface area contributed by atoms with Gasteiger partial charge in [0.15, 0.2) is 5.96 Å². The number of likely N-dealkylation sites (N-methyl/N-ethyl adjacent to an activating group) is 1. The van der Waals surface area contributed by atoms with Crippen molar-refractivity contribution in [3.05, 3.63) is 24.3 Å². The van der Waals surface area contributed by atoms with Gasteiger partial charge in [-0.2, -0.15) is 0 Å². The van der Waals surface area contributed by atoms with Crippen molar-refractivity contribution in [3.8, 4) is 5.75 Å². The lowest BCUT2D eigenvalue weighted by molar-refractivity contribution is 0.107. The van der Waals surface area contributed by atoms with E-state index in [2.05, 4.69) is 39.3 Å². The van der Waals surface area contributed by atoms with Gasteiger partial charge in [-0.15, -0.1) is 0 Å². The molecule has 1 saturated heterocycles. The summed E-state index contributed by atoms with van der Waals surface area (Å²) < 4.78 is 10.8. The number of benzene rings is 1. The molecule has 0 amide bonds. The minimum absolute atomic E-state index is 0.466. The molecule has 0 aliphatic carbocycles. The molecule has 1 atom stereocenters. The molecule has 1 aromatic carbocycles. The highest BCUT2D eigenvalue weighted by atomic mass is 16.5. The predicted octanol–water partition coefficient (Wildman–Crippen LogP) is 2.12. The van der Waals surface area contributed by atoms with Crippen LogP contribution in [0.2, 0.25) is 0 Å². The van der Waals surface area contributed by atoms with E-state index in [1.807, 2.05) is 24.3 Å². The lowest BCUT2D eigenvalue weighted by Gasteiger charge is -2.37. The van der Waals surface area contributed by atoms with E-state index in [-0.39, 0.29) is 0 Å². The van der Waals surface area contributed by atoms with Gasteiger partial charge in [0, 0.05) is 77.7 Å². The maximum atomic E-state index is 5.77. The summed E-state index contributed by atoms with van der Waals surface area (Å²) >= 11 is 0. The van der Waals surface area contributed by atoms with Crippen molar-refractivity contribution < 1.29 is 9.47 Å². The number of anilines is 1. The summed E-state index contributed by atoms with van der Waals surface area (Å²) in [6.45, 7) is 12.4. The lowest BCUT2D eigenvalue weighted by Crippen LogP contribution is -2.52. The van der Waals surface area contributed by atoms with Crippen LogP contribution >= 0.6 is 0 Å². The van der Waals surface area contributed by atoms with Crippen molar-refractivity contribution in [2.24, 2.45) is 4.99 Å². The van der Waals surface area contributed by atoms with Gasteiger partial charge in [0.2, 0.25) is 0 Å². The van der Waals surface area contributed by atoms with Gasteiger partial charge in [0.1, 0.15) is 5.75 Å². The van der Waals surface area contributed by atoms with Gasteiger partial charge >= 0.3 is 0 Å². The number of methoxy groups -OCH3 is 1. The van der Waals surface area contributed by atoms with Crippen LogP contribution < -0.4 is 15.4 Å². The van der Waals surface area contributed by atoms with Gasteiger partial charge < -0.3 is 25.0 Å². The number of aliphatic imine (C=N–C) groups is 1. The van der Waals surface area contributed by atoms with Gasteiger partial charge in [-0.05, 0) is 25.6 Å². The largest absolute Gasteiger partial charge is 0.493 e. The van der Waals surface area contributed by atoms with E-state index in [0.717, 1.165) is 63.1 Å². The van der Waals surface area contributed by atoms with Crippen molar-refractivity contribution in [2.75, 3.05) is 72.0 Å². The molecule has 1 unspecified atom stereocenters.